The molecule has 3 rings (SSSR count). The molecule has 25 heavy (non-hydrogen) atoms. The van der Waals surface area contributed by atoms with Gasteiger partial charge in [0.25, 0.3) is 0 Å². The monoisotopic (exact) mass is 339 g/mol. The first kappa shape index (κ1) is 17.1. The fourth-order valence-electron chi connectivity index (χ4n) is 2.90. The van der Waals surface area contributed by atoms with Crippen molar-refractivity contribution in [2.45, 2.75) is 6.92 Å². The van der Waals surface area contributed by atoms with Crippen LogP contribution in [0.3, 0.4) is 0 Å². The Hall–Kier alpha value is -2.69. The highest BCUT2D eigenvalue weighted by atomic mass is 16.5. The van der Waals surface area contributed by atoms with Gasteiger partial charge in [-0.25, -0.2) is 0 Å². The summed E-state index contributed by atoms with van der Waals surface area (Å²) >= 11 is 0. The third-order valence-electron chi connectivity index (χ3n) is 4.24. The molecule has 1 heterocycles. The summed E-state index contributed by atoms with van der Waals surface area (Å²) in [4.78, 5) is 2.39. The molecule has 0 saturated carbocycles. The Bertz CT molecular complexity index is 695. The smallest absolute Gasteiger partial charge is 0.161 e. The predicted molar refractivity (Wildman–Crippen MR) is 102 cm³/mol. The molecule has 0 unspecified atom stereocenters. The minimum atomic E-state index is 0.621. The van der Waals surface area contributed by atoms with E-state index in [1.165, 1.54) is 5.69 Å². The van der Waals surface area contributed by atoms with Crippen molar-refractivity contribution in [2.24, 2.45) is 5.10 Å². The van der Waals surface area contributed by atoms with Gasteiger partial charge in [0.15, 0.2) is 11.5 Å². The van der Waals surface area contributed by atoms with Gasteiger partial charge < -0.3 is 14.4 Å². The first-order valence-corrected chi connectivity index (χ1v) is 8.70. The summed E-state index contributed by atoms with van der Waals surface area (Å²) in [5.74, 6) is 1.50. The molecule has 1 fully saturated rings. The number of piperazine rings is 1. The molecule has 1 aliphatic heterocycles. The SMILES string of the molecule is CCOc1ccc(/C=N\N2CCN(c3ccccc3)CC2)cc1OC. The first-order chi connectivity index (χ1) is 12.3. The highest BCUT2D eigenvalue weighted by Crippen LogP contribution is 2.27. The fourth-order valence-corrected chi connectivity index (χ4v) is 2.90. The topological polar surface area (TPSA) is 37.3 Å². The number of para-hydroxylation sites is 1. The normalized spacial score (nSPS) is 14.8. The van der Waals surface area contributed by atoms with Gasteiger partial charge in [0, 0.05) is 18.8 Å². The molecular formula is C20H25N3O2. The van der Waals surface area contributed by atoms with Crippen LogP contribution in [0.1, 0.15) is 12.5 Å². The van der Waals surface area contributed by atoms with Gasteiger partial charge in [-0.1, -0.05) is 18.2 Å². The van der Waals surface area contributed by atoms with Gasteiger partial charge in [-0.05, 0) is 42.8 Å². The maximum absolute atomic E-state index is 5.55. The van der Waals surface area contributed by atoms with E-state index >= 15 is 0 Å². The summed E-state index contributed by atoms with van der Waals surface area (Å²) in [5, 5.41) is 6.73. The minimum Gasteiger partial charge on any atom is -0.493 e. The number of hydrazone groups is 1. The van der Waals surface area contributed by atoms with Crippen molar-refractivity contribution in [3.63, 3.8) is 0 Å². The Labute approximate surface area is 149 Å². The zero-order chi connectivity index (χ0) is 17.5. The lowest BCUT2D eigenvalue weighted by molar-refractivity contribution is 0.272. The van der Waals surface area contributed by atoms with Crippen LogP contribution in [0.5, 0.6) is 11.5 Å². The first-order valence-electron chi connectivity index (χ1n) is 8.70. The van der Waals surface area contributed by atoms with Crippen molar-refractivity contribution in [3.05, 3.63) is 54.1 Å². The molecule has 2 aromatic rings. The second-order valence-corrected chi connectivity index (χ2v) is 5.86. The van der Waals surface area contributed by atoms with Crippen LogP contribution < -0.4 is 14.4 Å². The Morgan fingerprint density at radius 2 is 1.76 bits per heavy atom. The van der Waals surface area contributed by atoms with Crippen LogP contribution in [0.25, 0.3) is 0 Å². The van der Waals surface area contributed by atoms with E-state index in [1.54, 1.807) is 7.11 Å². The number of nitrogens with zero attached hydrogens (tertiary/aromatic N) is 3. The van der Waals surface area contributed by atoms with Crippen molar-refractivity contribution >= 4 is 11.9 Å². The van der Waals surface area contributed by atoms with Crippen LogP contribution in [0, 0.1) is 0 Å². The van der Waals surface area contributed by atoms with Crippen LogP contribution in [0.15, 0.2) is 53.6 Å². The van der Waals surface area contributed by atoms with E-state index in [-0.39, 0.29) is 0 Å². The van der Waals surface area contributed by atoms with Crippen molar-refractivity contribution in [1.82, 2.24) is 5.01 Å². The van der Waals surface area contributed by atoms with Crippen molar-refractivity contribution in [2.75, 3.05) is 44.8 Å². The van der Waals surface area contributed by atoms with E-state index in [2.05, 4.69) is 45.3 Å². The standard InChI is InChI=1S/C20H25N3O2/c1-3-25-19-10-9-17(15-20(19)24-2)16-21-23-13-11-22(12-14-23)18-7-5-4-6-8-18/h4-10,15-16H,3,11-14H2,1-2H3/b21-16-. The second kappa shape index (κ2) is 8.42. The van der Waals surface area contributed by atoms with Gasteiger partial charge in [0.1, 0.15) is 0 Å². The van der Waals surface area contributed by atoms with E-state index in [1.807, 2.05) is 31.3 Å². The quantitative estimate of drug-likeness (QED) is 0.757. The molecule has 0 spiro atoms. The summed E-state index contributed by atoms with van der Waals surface area (Å²) in [6.07, 6.45) is 1.89. The Balaban J connectivity index is 1.58. The van der Waals surface area contributed by atoms with Crippen molar-refractivity contribution < 1.29 is 9.47 Å². The Kier molecular flexibility index (Phi) is 5.77. The number of ether oxygens (including phenoxy) is 2. The molecule has 2 aromatic carbocycles. The highest BCUT2D eigenvalue weighted by molar-refractivity contribution is 5.80. The number of hydrogen-bond donors (Lipinski definition) is 0. The molecule has 0 N–H and O–H groups in total. The van der Waals surface area contributed by atoms with Crippen LogP contribution in [-0.4, -0.2) is 51.1 Å². The zero-order valence-electron chi connectivity index (χ0n) is 14.9. The molecule has 0 amide bonds. The lowest BCUT2D eigenvalue weighted by Gasteiger charge is -2.34. The van der Waals surface area contributed by atoms with Crippen molar-refractivity contribution in [1.29, 1.82) is 0 Å². The number of methoxy groups -OCH3 is 1. The zero-order valence-corrected chi connectivity index (χ0v) is 14.9. The molecule has 1 aliphatic rings. The number of rotatable bonds is 6. The summed E-state index contributed by atoms with van der Waals surface area (Å²) < 4.78 is 10.9. The fraction of sp³-hybridized carbons (Fsp3) is 0.350. The van der Waals surface area contributed by atoms with E-state index in [0.29, 0.717) is 6.61 Å². The van der Waals surface area contributed by atoms with Crippen LogP contribution in [-0.2, 0) is 0 Å². The molecule has 0 aliphatic carbocycles. The third kappa shape index (κ3) is 4.44. The maximum atomic E-state index is 5.55. The van der Waals surface area contributed by atoms with E-state index in [9.17, 15) is 0 Å². The Morgan fingerprint density at radius 3 is 2.44 bits per heavy atom. The van der Waals surface area contributed by atoms with E-state index in [0.717, 1.165) is 43.2 Å². The molecular weight excluding hydrogens is 314 g/mol. The van der Waals surface area contributed by atoms with Gasteiger partial charge in [0.2, 0.25) is 0 Å². The van der Waals surface area contributed by atoms with E-state index < -0.39 is 0 Å². The molecule has 0 atom stereocenters. The molecule has 0 bridgehead atoms. The molecule has 1 saturated heterocycles. The van der Waals surface area contributed by atoms with Gasteiger partial charge in [-0.15, -0.1) is 0 Å². The molecule has 0 radical (unpaired) electrons. The largest absolute Gasteiger partial charge is 0.493 e. The summed E-state index contributed by atoms with van der Waals surface area (Å²) in [7, 11) is 1.65. The maximum Gasteiger partial charge on any atom is 0.161 e. The average molecular weight is 339 g/mol. The summed E-state index contributed by atoms with van der Waals surface area (Å²) in [5.41, 5.74) is 2.29. The predicted octanol–water partition coefficient (Wildman–Crippen LogP) is 3.25. The average Bonchev–Trinajstić information content (AvgIpc) is 2.68. The molecule has 5 nitrogen and oxygen atoms in total. The number of anilines is 1. The van der Waals surface area contributed by atoms with E-state index in [4.69, 9.17) is 9.47 Å². The highest BCUT2D eigenvalue weighted by Gasteiger charge is 2.15. The van der Waals surface area contributed by atoms with Gasteiger partial charge >= 0.3 is 0 Å². The Morgan fingerprint density at radius 1 is 1.00 bits per heavy atom. The van der Waals surface area contributed by atoms with Gasteiger partial charge in [0.05, 0.1) is 33.0 Å². The molecule has 5 heteroatoms. The molecule has 0 aromatic heterocycles. The number of benzene rings is 2. The van der Waals surface area contributed by atoms with Gasteiger partial charge in [-0.2, -0.15) is 5.10 Å². The van der Waals surface area contributed by atoms with Crippen molar-refractivity contribution in [3.8, 4) is 11.5 Å². The lowest BCUT2D eigenvalue weighted by atomic mass is 10.2. The summed E-state index contributed by atoms with van der Waals surface area (Å²) in [6, 6.07) is 16.4. The minimum absolute atomic E-state index is 0.621. The second-order valence-electron chi connectivity index (χ2n) is 5.86. The van der Waals surface area contributed by atoms with Crippen LogP contribution >= 0.6 is 0 Å². The number of hydrogen-bond acceptors (Lipinski definition) is 5. The van der Waals surface area contributed by atoms with Crippen LogP contribution in [0.4, 0.5) is 5.69 Å². The van der Waals surface area contributed by atoms with Gasteiger partial charge in [-0.3, -0.25) is 5.01 Å². The lowest BCUT2D eigenvalue weighted by Crippen LogP contribution is -2.44. The summed E-state index contributed by atoms with van der Waals surface area (Å²) in [6.45, 7) is 6.38. The third-order valence-corrected chi connectivity index (χ3v) is 4.24. The molecule has 132 valence electrons. The van der Waals surface area contributed by atoms with Crippen LogP contribution in [0.2, 0.25) is 0 Å².